The van der Waals surface area contributed by atoms with Crippen molar-refractivity contribution in [2.24, 2.45) is 0 Å². The van der Waals surface area contributed by atoms with Crippen LogP contribution >= 0.6 is 19.8 Å². The number of hydrogen-bond donors (Lipinski definition) is 1. The quantitative estimate of drug-likeness (QED) is 0.283. The molecule has 76 valence electrons. The molecule has 1 unspecified atom stereocenters. The molecule has 0 N–H and O–H groups in total. The molecule has 0 aliphatic carbocycles. The van der Waals surface area contributed by atoms with Crippen LogP contribution < -0.4 is 29.6 Å². The maximum Gasteiger partial charge on any atom is 1.00 e. The largest absolute Gasteiger partial charge is 1.00 e. The Balaban J connectivity index is 0. The number of hydrogen-bond acceptors (Lipinski definition) is 4. The molecule has 0 rings (SSSR count). The third kappa shape index (κ3) is 8.59. The predicted molar refractivity (Wildman–Crippen MR) is 56.6 cm³/mol. The Morgan fingerprint density at radius 1 is 1.31 bits per heavy atom. The maximum atomic E-state index is 10.7. The van der Waals surface area contributed by atoms with Crippen LogP contribution in [0.15, 0.2) is 0 Å². The van der Waals surface area contributed by atoms with E-state index < -0.39 is 18.1 Å². The van der Waals surface area contributed by atoms with Crippen LogP contribution in [0.5, 0.6) is 0 Å². The Bertz CT molecular complexity index is 205. The SMILES string of the molecule is CCCS[SH](CCC)S(=O)(=O)[O-].[Na+]. The van der Waals surface area contributed by atoms with Gasteiger partial charge in [0.05, 0.1) is 0 Å². The van der Waals surface area contributed by atoms with Gasteiger partial charge in [-0.25, -0.2) is 8.42 Å². The van der Waals surface area contributed by atoms with Gasteiger partial charge in [0.2, 0.25) is 0 Å². The molecule has 7 heteroatoms. The molecule has 0 aromatic rings. The second-order valence-electron chi connectivity index (χ2n) is 2.32. The van der Waals surface area contributed by atoms with E-state index >= 15 is 0 Å². The fourth-order valence-electron chi connectivity index (χ4n) is 0.617. The van der Waals surface area contributed by atoms with Crippen molar-refractivity contribution in [3.63, 3.8) is 0 Å². The number of thiol groups is 1. The van der Waals surface area contributed by atoms with Gasteiger partial charge in [0.1, 0.15) is 9.15 Å². The van der Waals surface area contributed by atoms with E-state index in [-0.39, 0.29) is 29.6 Å². The molecule has 0 aliphatic rings. The van der Waals surface area contributed by atoms with Crippen molar-refractivity contribution in [3.05, 3.63) is 0 Å². The molecular formula is C6H15NaO3S3. The minimum absolute atomic E-state index is 0. The van der Waals surface area contributed by atoms with E-state index in [1.807, 2.05) is 13.8 Å². The van der Waals surface area contributed by atoms with Crippen molar-refractivity contribution in [2.75, 3.05) is 11.5 Å². The zero-order valence-electron chi connectivity index (χ0n) is 8.32. The predicted octanol–water partition coefficient (Wildman–Crippen LogP) is -1.08. The molecule has 1 atom stereocenters. The fraction of sp³-hybridized carbons (Fsp3) is 1.00. The molecule has 0 saturated carbocycles. The van der Waals surface area contributed by atoms with Crippen LogP contribution in [-0.4, -0.2) is 24.5 Å². The van der Waals surface area contributed by atoms with Gasteiger partial charge in [0.15, 0.2) is 0 Å². The molecule has 0 heterocycles. The maximum absolute atomic E-state index is 10.7. The van der Waals surface area contributed by atoms with Crippen LogP contribution in [0.3, 0.4) is 0 Å². The average Bonchev–Trinajstić information content (AvgIpc) is 1.95. The fourth-order valence-corrected chi connectivity index (χ4v) is 7.38. The Hall–Kier alpha value is 1.61. The summed E-state index contributed by atoms with van der Waals surface area (Å²) in [5.41, 5.74) is 0. The van der Waals surface area contributed by atoms with Crippen LogP contribution in [0.1, 0.15) is 26.7 Å². The first-order valence-electron chi connectivity index (χ1n) is 3.88. The third-order valence-corrected chi connectivity index (χ3v) is 9.88. The smallest absolute Gasteiger partial charge is 0.740 e. The van der Waals surface area contributed by atoms with E-state index in [1.165, 1.54) is 10.8 Å². The Morgan fingerprint density at radius 3 is 2.15 bits per heavy atom. The van der Waals surface area contributed by atoms with Crippen molar-refractivity contribution < 1.29 is 42.5 Å². The Labute approximate surface area is 109 Å². The second kappa shape index (κ2) is 8.88. The van der Waals surface area contributed by atoms with E-state index in [2.05, 4.69) is 0 Å². The third-order valence-electron chi connectivity index (χ3n) is 1.09. The zero-order valence-corrected chi connectivity index (χ0v) is 12.8. The summed E-state index contributed by atoms with van der Waals surface area (Å²) in [5.74, 6) is 1.30. The zero-order chi connectivity index (χ0) is 9.61. The Morgan fingerprint density at radius 2 is 1.85 bits per heavy atom. The van der Waals surface area contributed by atoms with Crippen molar-refractivity contribution in [3.8, 4) is 0 Å². The van der Waals surface area contributed by atoms with Gasteiger partial charge in [-0.05, 0) is 18.6 Å². The van der Waals surface area contributed by atoms with Gasteiger partial charge < -0.3 is 4.55 Å². The van der Waals surface area contributed by atoms with Gasteiger partial charge in [-0.3, -0.25) is 0 Å². The average molecular weight is 254 g/mol. The molecule has 3 nitrogen and oxygen atoms in total. The van der Waals surface area contributed by atoms with Crippen LogP contribution in [0.25, 0.3) is 0 Å². The molecule has 0 saturated heterocycles. The normalized spacial score (nSPS) is 14.8. The van der Waals surface area contributed by atoms with Crippen LogP contribution in [0.4, 0.5) is 0 Å². The summed E-state index contributed by atoms with van der Waals surface area (Å²) in [4.78, 5) is 0. The molecular weight excluding hydrogens is 239 g/mol. The van der Waals surface area contributed by atoms with Gasteiger partial charge in [-0.1, -0.05) is 13.8 Å². The second-order valence-corrected chi connectivity index (χ2v) is 10.4. The molecule has 0 aromatic carbocycles. The first-order chi connectivity index (χ1) is 5.52. The summed E-state index contributed by atoms with van der Waals surface area (Å²) in [5, 5.41) is 0. The van der Waals surface area contributed by atoms with Crippen molar-refractivity contribution in [1.29, 1.82) is 0 Å². The summed E-state index contributed by atoms with van der Waals surface area (Å²) >= 11 is 0. The van der Waals surface area contributed by atoms with Crippen molar-refractivity contribution in [2.45, 2.75) is 26.7 Å². The van der Waals surface area contributed by atoms with E-state index in [1.54, 1.807) is 0 Å². The topological polar surface area (TPSA) is 57.2 Å². The Kier molecular flexibility index (Phi) is 11.6. The summed E-state index contributed by atoms with van der Waals surface area (Å²) in [7, 11) is -4.08. The van der Waals surface area contributed by atoms with Crippen molar-refractivity contribution in [1.82, 2.24) is 0 Å². The van der Waals surface area contributed by atoms with Gasteiger partial charge in [0.25, 0.3) is 0 Å². The molecule has 0 bridgehead atoms. The van der Waals surface area contributed by atoms with Crippen molar-refractivity contribution >= 4 is 28.9 Å². The number of rotatable bonds is 6. The van der Waals surface area contributed by atoms with E-state index in [0.29, 0.717) is 5.75 Å². The molecule has 0 fully saturated rings. The molecule has 0 amide bonds. The first kappa shape index (κ1) is 17.0. The van der Waals surface area contributed by atoms with Crippen LogP contribution in [0.2, 0.25) is 0 Å². The van der Waals surface area contributed by atoms with Gasteiger partial charge in [-0.2, -0.15) is 0 Å². The minimum atomic E-state index is -4.02. The minimum Gasteiger partial charge on any atom is -0.740 e. The van der Waals surface area contributed by atoms with E-state index in [0.717, 1.165) is 18.6 Å². The standard InChI is InChI=1S/C6H16O3S3.Na/c1-3-5-10-11(6-4-2)12(7,8)9;/h11H,3-6H2,1-2H3,(H,7,8,9);/q;+1/p-1. The van der Waals surface area contributed by atoms with Crippen LogP contribution in [-0.2, 0) is 9.15 Å². The van der Waals surface area contributed by atoms with Crippen LogP contribution in [0, 0.1) is 0 Å². The monoisotopic (exact) mass is 254 g/mol. The molecule has 13 heavy (non-hydrogen) atoms. The summed E-state index contributed by atoms with van der Waals surface area (Å²) in [6, 6.07) is 0. The summed E-state index contributed by atoms with van der Waals surface area (Å²) < 4.78 is 32.0. The van der Waals surface area contributed by atoms with Gasteiger partial charge in [0, 0.05) is 5.75 Å². The molecule has 0 aromatic heterocycles. The molecule has 0 radical (unpaired) electrons. The summed E-state index contributed by atoms with van der Waals surface area (Å²) in [6.45, 7) is 3.87. The van der Waals surface area contributed by atoms with Gasteiger partial charge in [-0.15, -0.1) is 19.8 Å². The van der Waals surface area contributed by atoms with E-state index in [4.69, 9.17) is 0 Å². The van der Waals surface area contributed by atoms with Gasteiger partial charge >= 0.3 is 29.6 Å². The molecule has 0 spiro atoms. The summed E-state index contributed by atoms with van der Waals surface area (Å²) in [6.07, 6.45) is 1.69. The molecule has 0 aliphatic heterocycles. The first-order valence-corrected chi connectivity index (χ1v) is 9.02. The van der Waals surface area contributed by atoms with E-state index in [9.17, 15) is 13.0 Å².